The standard InChI is InChI=1S/C14H22N2O2S/c1-15-11-13-5-7-14(8-6-13)12-19(17,18)16-9-3-2-4-10-16/h5-8,15H,2-4,9-12H2,1H3. The molecule has 1 N–H and O–H groups in total. The second kappa shape index (κ2) is 6.50. The monoisotopic (exact) mass is 282 g/mol. The van der Waals surface area contributed by atoms with E-state index in [0.29, 0.717) is 13.1 Å². The number of nitrogens with one attached hydrogen (secondary N) is 1. The normalized spacial score (nSPS) is 17.5. The molecule has 0 bridgehead atoms. The van der Waals surface area contributed by atoms with Crippen LogP contribution in [0, 0.1) is 0 Å². The fraction of sp³-hybridized carbons (Fsp3) is 0.571. The maximum atomic E-state index is 12.3. The maximum absolute atomic E-state index is 12.3. The number of piperidine rings is 1. The van der Waals surface area contributed by atoms with E-state index < -0.39 is 10.0 Å². The molecule has 4 nitrogen and oxygen atoms in total. The molecule has 0 aromatic heterocycles. The fourth-order valence-corrected chi connectivity index (χ4v) is 4.01. The molecule has 0 aliphatic carbocycles. The van der Waals surface area contributed by atoms with Crippen molar-refractivity contribution in [1.82, 2.24) is 9.62 Å². The molecule has 106 valence electrons. The Balaban J connectivity index is 2.02. The minimum atomic E-state index is -3.14. The zero-order valence-electron chi connectivity index (χ0n) is 11.4. The molecule has 1 fully saturated rings. The molecule has 2 rings (SSSR count). The van der Waals surface area contributed by atoms with Crippen LogP contribution in [-0.2, 0) is 22.3 Å². The van der Waals surface area contributed by atoms with Crippen LogP contribution >= 0.6 is 0 Å². The highest BCUT2D eigenvalue weighted by molar-refractivity contribution is 7.88. The predicted octanol–water partition coefficient (Wildman–Crippen LogP) is 1.72. The first-order valence-corrected chi connectivity index (χ1v) is 8.43. The SMILES string of the molecule is CNCc1ccc(CS(=O)(=O)N2CCCCC2)cc1. The first kappa shape index (κ1) is 14.5. The van der Waals surface area contributed by atoms with Crippen LogP contribution in [0.5, 0.6) is 0 Å². The van der Waals surface area contributed by atoms with Crippen molar-refractivity contribution >= 4 is 10.0 Å². The molecular formula is C14H22N2O2S. The number of rotatable bonds is 5. The van der Waals surface area contributed by atoms with Gasteiger partial charge in [-0.3, -0.25) is 0 Å². The molecular weight excluding hydrogens is 260 g/mol. The van der Waals surface area contributed by atoms with Crippen LogP contribution in [0.4, 0.5) is 0 Å². The average molecular weight is 282 g/mol. The summed E-state index contributed by atoms with van der Waals surface area (Å²) in [6.07, 6.45) is 3.12. The van der Waals surface area contributed by atoms with Crippen LogP contribution in [-0.4, -0.2) is 32.9 Å². The first-order chi connectivity index (χ1) is 9.12. The van der Waals surface area contributed by atoms with Crippen LogP contribution in [0.3, 0.4) is 0 Å². The molecule has 1 aliphatic rings. The van der Waals surface area contributed by atoms with Gasteiger partial charge in [-0.2, -0.15) is 0 Å². The van der Waals surface area contributed by atoms with E-state index in [1.807, 2.05) is 31.3 Å². The van der Waals surface area contributed by atoms with E-state index in [1.54, 1.807) is 4.31 Å². The number of benzene rings is 1. The third-order valence-electron chi connectivity index (χ3n) is 3.46. The van der Waals surface area contributed by atoms with Gasteiger partial charge in [-0.05, 0) is 31.0 Å². The number of nitrogens with zero attached hydrogens (tertiary/aromatic N) is 1. The lowest BCUT2D eigenvalue weighted by Gasteiger charge is -2.25. The van der Waals surface area contributed by atoms with Gasteiger partial charge in [0, 0.05) is 19.6 Å². The molecule has 5 heteroatoms. The highest BCUT2D eigenvalue weighted by Gasteiger charge is 2.23. The average Bonchev–Trinajstić information content (AvgIpc) is 2.42. The molecule has 1 saturated heterocycles. The van der Waals surface area contributed by atoms with Crippen molar-refractivity contribution in [3.05, 3.63) is 35.4 Å². The Labute approximate surface area is 115 Å². The van der Waals surface area contributed by atoms with Crippen molar-refractivity contribution in [2.75, 3.05) is 20.1 Å². The van der Waals surface area contributed by atoms with Crippen LogP contribution in [0.25, 0.3) is 0 Å². The fourth-order valence-electron chi connectivity index (χ4n) is 2.40. The summed E-state index contributed by atoms with van der Waals surface area (Å²) in [5.41, 5.74) is 2.03. The quantitative estimate of drug-likeness (QED) is 0.894. The van der Waals surface area contributed by atoms with Crippen LogP contribution in [0.15, 0.2) is 24.3 Å². The molecule has 0 saturated carbocycles. The van der Waals surface area contributed by atoms with E-state index >= 15 is 0 Å². The van der Waals surface area contributed by atoms with Gasteiger partial charge < -0.3 is 5.32 Å². The first-order valence-electron chi connectivity index (χ1n) is 6.82. The number of hydrogen-bond acceptors (Lipinski definition) is 3. The lowest BCUT2D eigenvalue weighted by atomic mass is 10.1. The van der Waals surface area contributed by atoms with Gasteiger partial charge in [0.1, 0.15) is 0 Å². The van der Waals surface area contributed by atoms with Gasteiger partial charge in [-0.25, -0.2) is 12.7 Å². The van der Waals surface area contributed by atoms with Gasteiger partial charge in [-0.15, -0.1) is 0 Å². The topological polar surface area (TPSA) is 49.4 Å². The lowest BCUT2D eigenvalue weighted by Crippen LogP contribution is -2.36. The smallest absolute Gasteiger partial charge is 0.218 e. The van der Waals surface area contributed by atoms with Crippen molar-refractivity contribution in [3.8, 4) is 0 Å². The van der Waals surface area contributed by atoms with Crippen molar-refractivity contribution in [2.45, 2.75) is 31.6 Å². The van der Waals surface area contributed by atoms with Gasteiger partial charge >= 0.3 is 0 Å². The summed E-state index contributed by atoms with van der Waals surface area (Å²) in [6, 6.07) is 7.79. The van der Waals surface area contributed by atoms with Gasteiger partial charge in [0.05, 0.1) is 5.75 Å². The van der Waals surface area contributed by atoms with Crippen molar-refractivity contribution < 1.29 is 8.42 Å². The molecule has 1 aliphatic heterocycles. The molecule has 0 atom stereocenters. The van der Waals surface area contributed by atoms with Crippen LogP contribution in [0.1, 0.15) is 30.4 Å². The highest BCUT2D eigenvalue weighted by atomic mass is 32.2. The lowest BCUT2D eigenvalue weighted by molar-refractivity contribution is 0.346. The van der Waals surface area contributed by atoms with Gasteiger partial charge in [0.15, 0.2) is 0 Å². The third kappa shape index (κ3) is 4.03. The molecule has 1 heterocycles. The van der Waals surface area contributed by atoms with Gasteiger partial charge in [0.2, 0.25) is 10.0 Å². The summed E-state index contributed by atoms with van der Waals surface area (Å²) >= 11 is 0. The second-order valence-corrected chi connectivity index (χ2v) is 7.03. The molecule has 0 unspecified atom stereocenters. The Morgan fingerprint density at radius 2 is 1.63 bits per heavy atom. The molecule has 0 radical (unpaired) electrons. The van der Waals surface area contributed by atoms with E-state index in [-0.39, 0.29) is 5.75 Å². The summed E-state index contributed by atoms with van der Waals surface area (Å²) in [5.74, 6) is 0.118. The maximum Gasteiger partial charge on any atom is 0.218 e. The summed E-state index contributed by atoms with van der Waals surface area (Å²) in [5, 5.41) is 3.08. The zero-order chi connectivity index (χ0) is 13.7. The second-order valence-electron chi connectivity index (χ2n) is 5.06. The third-order valence-corrected chi connectivity index (χ3v) is 5.31. The largest absolute Gasteiger partial charge is 0.316 e. The minimum absolute atomic E-state index is 0.118. The van der Waals surface area contributed by atoms with E-state index in [0.717, 1.165) is 31.4 Å². The highest BCUT2D eigenvalue weighted by Crippen LogP contribution is 2.17. The molecule has 1 aromatic rings. The van der Waals surface area contributed by atoms with E-state index in [2.05, 4.69) is 5.32 Å². The van der Waals surface area contributed by atoms with Crippen molar-refractivity contribution in [1.29, 1.82) is 0 Å². The Hall–Kier alpha value is -0.910. The molecule has 0 amide bonds. The summed E-state index contributed by atoms with van der Waals surface area (Å²) in [6.45, 7) is 2.17. The summed E-state index contributed by atoms with van der Waals surface area (Å²) in [4.78, 5) is 0. The Morgan fingerprint density at radius 1 is 1.05 bits per heavy atom. The molecule has 19 heavy (non-hydrogen) atoms. The van der Waals surface area contributed by atoms with Gasteiger partial charge in [-0.1, -0.05) is 30.7 Å². The zero-order valence-corrected chi connectivity index (χ0v) is 12.2. The number of hydrogen-bond donors (Lipinski definition) is 1. The molecule has 0 spiro atoms. The minimum Gasteiger partial charge on any atom is -0.316 e. The van der Waals surface area contributed by atoms with Crippen molar-refractivity contribution in [2.24, 2.45) is 0 Å². The van der Waals surface area contributed by atoms with Crippen LogP contribution < -0.4 is 5.32 Å². The van der Waals surface area contributed by atoms with Gasteiger partial charge in [0.25, 0.3) is 0 Å². The molecule has 1 aromatic carbocycles. The van der Waals surface area contributed by atoms with E-state index in [4.69, 9.17) is 0 Å². The Kier molecular flexibility index (Phi) is 4.96. The Morgan fingerprint density at radius 3 is 2.21 bits per heavy atom. The Bertz CT molecular complexity index is 491. The predicted molar refractivity (Wildman–Crippen MR) is 77.3 cm³/mol. The van der Waals surface area contributed by atoms with E-state index in [1.165, 1.54) is 5.56 Å². The summed E-state index contributed by atoms with van der Waals surface area (Å²) in [7, 11) is -1.25. The number of sulfonamides is 1. The van der Waals surface area contributed by atoms with E-state index in [9.17, 15) is 8.42 Å². The van der Waals surface area contributed by atoms with Crippen molar-refractivity contribution in [3.63, 3.8) is 0 Å². The van der Waals surface area contributed by atoms with Crippen LogP contribution in [0.2, 0.25) is 0 Å². The summed E-state index contributed by atoms with van der Waals surface area (Å²) < 4.78 is 26.2.